The van der Waals surface area contributed by atoms with Crippen LogP contribution in [-0.2, 0) is 4.79 Å². The first kappa shape index (κ1) is 18.1. The van der Waals surface area contributed by atoms with E-state index in [9.17, 15) is 19.7 Å². The molecule has 1 aromatic rings. The minimum Gasteiger partial charge on any atom is -0.366 e. The van der Waals surface area contributed by atoms with Gasteiger partial charge in [0.15, 0.2) is 0 Å². The summed E-state index contributed by atoms with van der Waals surface area (Å²) < 4.78 is 0. The first-order chi connectivity index (χ1) is 12.3. The van der Waals surface area contributed by atoms with Crippen LogP contribution in [0.3, 0.4) is 0 Å². The summed E-state index contributed by atoms with van der Waals surface area (Å²) in [6.45, 7) is 5.09. The molecule has 9 nitrogen and oxygen atoms in total. The van der Waals surface area contributed by atoms with Crippen LogP contribution in [0.25, 0.3) is 0 Å². The van der Waals surface area contributed by atoms with Crippen LogP contribution in [0.2, 0.25) is 0 Å². The molecule has 0 spiro atoms. The number of nitro benzene ring substituents is 1. The third-order valence-corrected chi connectivity index (χ3v) is 4.67. The molecule has 0 aliphatic carbocycles. The molecule has 2 saturated heterocycles. The minimum atomic E-state index is -0.625. The normalized spacial score (nSPS) is 21.1. The van der Waals surface area contributed by atoms with E-state index < -0.39 is 10.8 Å². The van der Waals surface area contributed by atoms with Crippen LogP contribution in [0.4, 0.5) is 11.4 Å². The van der Waals surface area contributed by atoms with Gasteiger partial charge in [0.2, 0.25) is 5.91 Å². The first-order valence-corrected chi connectivity index (χ1v) is 8.71. The molecule has 1 aromatic carbocycles. The number of hydrogen-bond acceptors (Lipinski definition) is 6. The van der Waals surface area contributed by atoms with E-state index in [0.29, 0.717) is 12.1 Å². The second-order valence-corrected chi connectivity index (χ2v) is 7.01. The standard InChI is InChI=1S/C17H23N5O4/c1-10(2)20-16(23)8-19-17(24)14-6-12(3-4-15(14)22(25)26)21-9-11-5-13(21)7-18-11/h3-4,6,10-11,13,18H,5,7-9H2,1-2H3,(H,19,24)(H,20,23). The van der Waals surface area contributed by atoms with Gasteiger partial charge in [-0.05, 0) is 32.4 Å². The molecule has 2 aliphatic heterocycles. The highest BCUT2D eigenvalue weighted by Gasteiger charge is 2.38. The van der Waals surface area contributed by atoms with Gasteiger partial charge in [0, 0.05) is 43.0 Å². The molecule has 2 unspecified atom stereocenters. The molecule has 2 bridgehead atoms. The molecule has 2 heterocycles. The van der Waals surface area contributed by atoms with E-state index in [1.54, 1.807) is 12.1 Å². The largest absolute Gasteiger partial charge is 0.366 e. The number of carbonyl (C=O) groups is 2. The predicted molar refractivity (Wildman–Crippen MR) is 96.3 cm³/mol. The molecule has 0 saturated carbocycles. The molecule has 140 valence electrons. The fourth-order valence-corrected chi connectivity index (χ4v) is 3.55. The molecule has 2 amide bonds. The Labute approximate surface area is 151 Å². The Kier molecular flexibility index (Phi) is 5.08. The Morgan fingerprint density at radius 3 is 2.77 bits per heavy atom. The Morgan fingerprint density at radius 2 is 2.19 bits per heavy atom. The molecule has 2 atom stereocenters. The van der Waals surface area contributed by atoms with Crippen molar-refractivity contribution in [3.8, 4) is 0 Å². The predicted octanol–water partition coefficient (Wildman–Crippen LogP) is 0.400. The second kappa shape index (κ2) is 7.28. The Balaban J connectivity index is 1.77. The number of fused-ring (bicyclic) bond motifs is 2. The van der Waals surface area contributed by atoms with Crippen molar-refractivity contribution in [1.29, 1.82) is 0 Å². The van der Waals surface area contributed by atoms with E-state index in [0.717, 1.165) is 25.2 Å². The van der Waals surface area contributed by atoms with E-state index in [2.05, 4.69) is 20.9 Å². The van der Waals surface area contributed by atoms with Crippen molar-refractivity contribution in [1.82, 2.24) is 16.0 Å². The van der Waals surface area contributed by atoms with Crippen LogP contribution in [0.15, 0.2) is 18.2 Å². The van der Waals surface area contributed by atoms with Gasteiger partial charge in [-0.15, -0.1) is 0 Å². The van der Waals surface area contributed by atoms with Crippen molar-refractivity contribution in [3.63, 3.8) is 0 Å². The summed E-state index contributed by atoms with van der Waals surface area (Å²) in [5.41, 5.74) is 0.500. The number of nitrogens with one attached hydrogen (secondary N) is 3. The van der Waals surface area contributed by atoms with Gasteiger partial charge in [0.1, 0.15) is 5.56 Å². The van der Waals surface area contributed by atoms with Crippen LogP contribution >= 0.6 is 0 Å². The van der Waals surface area contributed by atoms with Gasteiger partial charge in [0.05, 0.1) is 11.5 Å². The van der Waals surface area contributed by atoms with Gasteiger partial charge in [-0.1, -0.05) is 0 Å². The number of anilines is 1. The number of carbonyl (C=O) groups excluding carboxylic acids is 2. The summed E-state index contributed by atoms with van der Waals surface area (Å²) in [6, 6.07) is 5.31. The second-order valence-electron chi connectivity index (χ2n) is 7.01. The zero-order chi connectivity index (χ0) is 18.8. The number of amides is 2. The summed E-state index contributed by atoms with van der Waals surface area (Å²) in [5, 5.41) is 19.8. The molecule has 3 rings (SSSR count). The number of hydrogen-bond donors (Lipinski definition) is 3. The maximum absolute atomic E-state index is 12.5. The SMILES string of the molecule is CC(C)NC(=O)CNC(=O)c1cc(N2CC3CC2CN3)ccc1[N+](=O)[O-]. The Bertz CT molecular complexity index is 736. The number of nitrogens with zero attached hydrogens (tertiary/aromatic N) is 2. The zero-order valence-corrected chi connectivity index (χ0v) is 14.8. The molecule has 2 fully saturated rings. The van der Waals surface area contributed by atoms with Crippen molar-refractivity contribution < 1.29 is 14.5 Å². The van der Waals surface area contributed by atoms with Gasteiger partial charge in [-0.3, -0.25) is 19.7 Å². The average Bonchev–Trinajstić information content (AvgIpc) is 3.21. The number of nitro groups is 1. The zero-order valence-electron chi connectivity index (χ0n) is 14.8. The number of benzene rings is 1. The lowest BCUT2D eigenvalue weighted by molar-refractivity contribution is -0.385. The van der Waals surface area contributed by atoms with Crippen molar-refractivity contribution in [2.75, 3.05) is 24.5 Å². The van der Waals surface area contributed by atoms with E-state index in [4.69, 9.17) is 0 Å². The lowest BCUT2D eigenvalue weighted by Crippen LogP contribution is -2.43. The van der Waals surface area contributed by atoms with Gasteiger partial charge in [-0.25, -0.2) is 0 Å². The topological polar surface area (TPSA) is 117 Å². The molecule has 0 radical (unpaired) electrons. The van der Waals surface area contributed by atoms with Crippen LogP contribution in [0.5, 0.6) is 0 Å². The fourth-order valence-electron chi connectivity index (χ4n) is 3.55. The smallest absolute Gasteiger partial charge is 0.282 e. The monoisotopic (exact) mass is 361 g/mol. The quantitative estimate of drug-likeness (QED) is 0.499. The lowest BCUT2D eigenvalue weighted by Gasteiger charge is -2.29. The molecular formula is C17H23N5O4. The van der Waals surface area contributed by atoms with Crippen LogP contribution in [-0.4, -0.2) is 54.5 Å². The molecule has 9 heteroatoms. The van der Waals surface area contributed by atoms with Crippen molar-refractivity contribution in [2.45, 2.75) is 38.4 Å². The van der Waals surface area contributed by atoms with E-state index in [-0.39, 0.29) is 29.7 Å². The summed E-state index contributed by atoms with van der Waals surface area (Å²) in [6.07, 6.45) is 1.04. The average molecular weight is 361 g/mol. The van der Waals surface area contributed by atoms with Gasteiger partial charge in [-0.2, -0.15) is 0 Å². The highest BCUT2D eigenvalue weighted by Crippen LogP contribution is 2.32. The number of rotatable bonds is 6. The van der Waals surface area contributed by atoms with E-state index in [1.807, 2.05) is 13.8 Å². The van der Waals surface area contributed by atoms with Crippen molar-refractivity contribution in [2.24, 2.45) is 0 Å². The van der Waals surface area contributed by atoms with Gasteiger partial charge < -0.3 is 20.9 Å². The van der Waals surface area contributed by atoms with Crippen molar-refractivity contribution >= 4 is 23.2 Å². The van der Waals surface area contributed by atoms with Crippen LogP contribution < -0.4 is 20.9 Å². The maximum Gasteiger partial charge on any atom is 0.282 e. The fraction of sp³-hybridized carbons (Fsp3) is 0.529. The summed E-state index contributed by atoms with van der Waals surface area (Å²) in [4.78, 5) is 37.0. The third kappa shape index (κ3) is 3.77. The van der Waals surface area contributed by atoms with Gasteiger partial charge >= 0.3 is 0 Å². The summed E-state index contributed by atoms with van der Waals surface area (Å²) >= 11 is 0. The number of piperazine rings is 1. The van der Waals surface area contributed by atoms with Crippen molar-refractivity contribution in [3.05, 3.63) is 33.9 Å². The van der Waals surface area contributed by atoms with Crippen LogP contribution in [0.1, 0.15) is 30.6 Å². The van der Waals surface area contributed by atoms with E-state index >= 15 is 0 Å². The highest BCUT2D eigenvalue weighted by atomic mass is 16.6. The lowest BCUT2D eigenvalue weighted by atomic mass is 10.1. The molecule has 26 heavy (non-hydrogen) atoms. The Morgan fingerprint density at radius 1 is 1.42 bits per heavy atom. The Hall–Kier alpha value is -2.68. The molecule has 3 N–H and O–H groups in total. The molecular weight excluding hydrogens is 338 g/mol. The first-order valence-electron chi connectivity index (χ1n) is 8.71. The maximum atomic E-state index is 12.5. The van der Waals surface area contributed by atoms with E-state index in [1.165, 1.54) is 6.07 Å². The summed E-state index contributed by atoms with van der Waals surface area (Å²) in [7, 11) is 0. The molecule has 0 aromatic heterocycles. The third-order valence-electron chi connectivity index (χ3n) is 4.67. The summed E-state index contributed by atoms with van der Waals surface area (Å²) in [5.74, 6) is -0.963. The highest BCUT2D eigenvalue weighted by molar-refractivity contribution is 6.00. The van der Waals surface area contributed by atoms with Crippen LogP contribution in [0, 0.1) is 10.1 Å². The minimum absolute atomic E-state index is 0.0272. The van der Waals surface area contributed by atoms with Gasteiger partial charge in [0.25, 0.3) is 11.6 Å². The molecule has 2 aliphatic rings.